The second kappa shape index (κ2) is 2.97. The average molecular weight is 204 g/mol. The van der Waals surface area contributed by atoms with Crippen LogP contribution in [0.1, 0.15) is 12.0 Å². The smallest absolute Gasteiger partial charge is 0.244 e. The molecule has 1 saturated heterocycles. The van der Waals surface area contributed by atoms with Gasteiger partial charge in [-0.2, -0.15) is 0 Å². The van der Waals surface area contributed by atoms with E-state index in [4.69, 9.17) is 4.84 Å². The number of amides is 1. The normalized spacial score (nSPS) is 28.4. The highest BCUT2D eigenvalue weighted by atomic mass is 16.7. The van der Waals surface area contributed by atoms with E-state index in [0.29, 0.717) is 6.42 Å². The predicted octanol–water partition coefficient (Wildman–Crippen LogP) is 0.385. The van der Waals surface area contributed by atoms with Gasteiger partial charge in [-0.15, -0.1) is 5.48 Å². The minimum atomic E-state index is -0.547. The van der Waals surface area contributed by atoms with Gasteiger partial charge in [-0.05, 0) is 18.1 Å². The number of hydroxylamine groups is 1. The van der Waals surface area contributed by atoms with E-state index in [9.17, 15) is 4.79 Å². The van der Waals surface area contributed by atoms with Gasteiger partial charge in [-0.25, -0.2) is 0 Å². The molecule has 1 fully saturated rings. The molecule has 1 atom stereocenters. The van der Waals surface area contributed by atoms with Crippen molar-refractivity contribution in [1.82, 2.24) is 10.8 Å². The first-order valence-corrected chi connectivity index (χ1v) is 5.10. The van der Waals surface area contributed by atoms with Gasteiger partial charge in [-0.3, -0.25) is 4.79 Å². The molecule has 0 radical (unpaired) electrons. The minimum absolute atomic E-state index is 0.0389. The molecule has 4 heteroatoms. The summed E-state index contributed by atoms with van der Waals surface area (Å²) < 4.78 is 0. The third kappa shape index (κ3) is 1.22. The molecule has 3 rings (SSSR count). The van der Waals surface area contributed by atoms with Crippen LogP contribution >= 0.6 is 0 Å². The van der Waals surface area contributed by atoms with Crippen LogP contribution in [0, 0.1) is 0 Å². The largest absolute Gasteiger partial charge is 0.407 e. The minimum Gasteiger partial charge on any atom is -0.407 e. The second-order valence-electron chi connectivity index (χ2n) is 4.08. The molecule has 2 aliphatic rings. The summed E-state index contributed by atoms with van der Waals surface area (Å²) >= 11 is 0. The Hall–Kier alpha value is -1.55. The van der Waals surface area contributed by atoms with E-state index >= 15 is 0 Å². The van der Waals surface area contributed by atoms with E-state index in [0.717, 1.165) is 24.3 Å². The summed E-state index contributed by atoms with van der Waals surface area (Å²) in [6.07, 6.45) is 1.48. The number of hydrogen-bond acceptors (Lipinski definition) is 3. The van der Waals surface area contributed by atoms with Crippen molar-refractivity contribution in [3.05, 3.63) is 29.8 Å². The molecule has 1 amide bonds. The number of fused-ring (bicyclic) bond motifs is 1. The Morgan fingerprint density at radius 1 is 1.33 bits per heavy atom. The van der Waals surface area contributed by atoms with Crippen molar-refractivity contribution < 1.29 is 9.63 Å². The molecule has 1 aromatic rings. The van der Waals surface area contributed by atoms with Crippen LogP contribution in [0.25, 0.3) is 0 Å². The fourth-order valence-corrected chi connectivity index (χ4v) is 2.20. The van der Waals surface area contributed by atoms with Crippen LogP contribution in [0.2, 0.25) is 0 Å². The summed E-state index contributed by atoms with van der Waals surface area (Å²) in [7, 11) is 0. The number of para-hydroxylation sites is 1. The highest BCUT2D eigenvalue weighted by Gasteiger charge is 2.45. The number of benzene rings is 1. The molecule has 0 aromatic heterocycles. The quantitative estimate of drug-likeness (QED) is 0.642. The van der Waals surface area contributed by atoms with Crippen molar-refractivity contribution in [2.24, 2.45) is 0 Å². The number of carbonyl (C=O) groups excluding carboxylic acids is 1. The van der Waals surface area contributed by atoms with Crippen molar-refractivity contribution in [3.8, 4) is 5.75 Å². The molecule has 15 heavy (non-hydrogen) atoms. The van der Waals surface area contributed by atoms with Crippen molar-refractivity contribution in [1.29, 1.82) is 0 Å². The standard InChI is InChI=1S/C11H12N2O2/c14-10-11(5-6-12-10)7-8-3-1-2-4-9(8)15-13-11/h1-4,13H,5-7H2,(H,12,14). The molecule has 2 N–H and O–H groups in total. The monoisotopic (exact) mass is 204 g/mol. The predicted molar refractivity (Wildman–Crippen MR) is 54.3 cm³/mol. The molecule has 0 aliphatic carbocycles. The molecule has 0 saturated carbocycles. The third-order valence-electron chi connectivity index (χ3n) is 3.09. The molecule has 2 aliphatic heterocycles. The SMILES string of the molecule is O=C1NCCC12Cc1ccccc1ON2. The van der Waals surface area contributed by atoms with E-state index in [1.165, 1.54) is 0 Å². The number of hydrogen-bond donors (Lipinski definition) is 2. The first kappa shape index (κ1) is 8.73. The van der Waals surface area contributed by atoms with E-state index in [1.807, 2.05) is 24.3 Å². The molecule has 2 heterocycles. The molecule has 0 bridgehead atoms. The number of rotatable bonds is 0. The molecule has 1 unspecified atom stereocenters. The van der Waals surface area contributed by atoms with Gasteiger partial charge >= 0.3 is 0 Å². The fraction of sp³-hybridized carbons (Fsp3) is 0.364. The highest BCUT2D eigenvalue weighted by Crippen LogP contribution is 2.31. The van der Waals surface area contributed by atoms with Gasteiger partial charge in [0, 0.05) is 13.0 Å². The van der Waals surface area contributed by atoms with E-state index in [2.05, 4.69) is 10.8 Å². The molecular weight excluding hydrogens is 192 g/mol. The van der Waals surface area contributed by atoms with Crippen LogP contribution in [0.5, 0.6) is 5.75 Å². The molecule has 4 nitrogen and oxygen atoms in total. The van der Waals surface area contributed by atoms with Crippen molar-refractivity contribution in [2.75, 3.05) is 6.54 Å². The zero-order valence-electron chi connectivity index (χ0n) is 8.25. The van der Waals surface area contributed by atoms with Gasteiger partial charge in [0.1, 0.15) is 11.3 Å². The Morgan fingerprint density at radius 2 is 2.20 bits per heavy atom. The van der Waals surface area contributed by atoms with Gasteiger partial charge < -0.3 is 10.2 Å². The first-order valence-electron chi connectivity index (χ1n) is 5.10. The Bertz CT molecular complexity index is 419. The van der Waals surface area contributed by atoms with Crippen molar-refractivity contribution >= 4 is 5.91 Å². The average Bonchev–Trinajstić information content (AvgIpc) is 2.60. The Kier molecular flexibility index (Phi) is 1.73. The third-order valence-corrected chi connectivity index (χ3v) is 3.09. The Balaban J connectivity index is 1.98. The van der Waals surface area contributed by atoms with Crippen LogP contribution in [-0.2, 0) is 11.2 Å². The van der Waals surface area contributed by atoms with Gasteiger partial charge in [0.15, 0.2) is 0 Å². The topological polar surface area (TPSA) is 50.4 Å². The van der Waals surface area contributed by atoms with Crippen LogP contribution < -0.4 is 15.6 Å². The van der Waals surface area contributed by atoms with Crippen LogP contribution in [0.15, 0.2) is 24.3 Å². The maximum atomic E-state index is 11.7. The molecular formula is C11H12N2O2. The Labute approximate surface area is 87.6 Å². The zero-order chi connectivity index (χ0) is 10.3. The summed E-state index contributed by atoms with van der Waals surface area (Å²) in [5.41, 5.74) is 3.43. The summed E-state index contributed by atoms with van der Waals surface area (Å²) in [5.74, 6) is 0.861. The Morgan fingerprint density at radius 3 is 3.00 bits per heavy atom. The second-order valence-corrected chi connectivity index (χ2v) is 4.08. The van der Waals surface area contributed by atoms with Crippen LogP contribution in [-0.4, -0.2) is 18.0 Å². The van der Waals surface area contributed by atoms with Crippen molar-refractivity contribution in [3.63, 3.8) is 0 Å². The molecule has 1 aromatic carbocycles. The lowest BCUT2D eigenvalue weighted by molar-refractivity contribution is -0.128. The van der Waals surface area contributed by atoms with Gasteiger partial charge in [0.2, 0.25) is 5.91 Å². The fourth-order valence-electron chi connectivity index (χ4n) is 2.20. The van der Waals surface area contributed by atoms with E-state index < -0.39 is 5.54 Å². The van der Waals surface area contributed by atoms with Gasteiger partial charge in [-0.1, -0.05) is 18.2 Å². The maximum absolute atomic E-state index is 11.7. The lowest BCUT2D eigenvalue weighted by Gasteiger charge is -2.32. The summed E-state index contributed by atoms with van der Waals surface area (Å²) in [4.78, 5) is 17.1. The van der Waals surface area contributed by atoms with Crippen molar-refractivity contribution in [2.45, 2.75) is 18.4 Å². The summed E-state index contributed by atoms with van der Waals surface area (Å²) in [6.45, 7) is 0.720. The van der Waals surface area contributed by atoms with Crippen LogP contribution in [0.3, 0.4) is 0 Å². The summed E-state index contributed by atoms with van der Waals surface area (Å²) in [5, 5.41) is 2.83. The first-order chi connectivity index (χ1) is 7.30. The van der Waals surface area contributed by atoms with Gasteiger partial charge in [0.25, 0.3) is 0 Å². The zero-order valence-corrected chi connectivity index (χ0v) is 8.25. The van der Waals surface area contributed by atoms with E-state index in [-0.39, 0.29) is 5.91 Å². The van der Waals surface area contributed by atoms with E-state index in [1.54, 1.807) is 0 Å². The number of carbonyl (C=O) groups is 1. The molecule has 78 valence electrons. The van der Waals surface area contributed by atoms with Gasteiger partial charge in [0.05, 0.1) is 0 Å². The lowest BCUT2D eigenvalue weighted by atomic mass is 9.89. The number of nitrogens with one attached hydrogen (secondary N) is 2. The molecule has 1 spiro atoms. The van der Waals surface area contributed by atoms with Crippen LogP contribution in [0.4, 0.5) is 0 Å². The highest BCUT2D eigenvalue weighted by molar-refractivity contribution is 5.89. The maximum Gasteiger partial charge on any atom is 0.244 e. The lowest BCUT2D eigenvalue weighted by Crippen LogP contribution is -2.56. The summed E-state index contributed by atoms with van der Waals surface area (Å²) in [6, 6.07) is 7.80.